The van der Waals surface area contributed by atoms with Crippen molar-refractivity contribution >= 4 is 0 Å². The Morgan fingerprint density at radius 3 is 2.62 bits per heavy atom. The van der Waals surface area contributed by atoms with E-state index < -0.39 is 0 Å². The van der Waals surface area contributed by atoms with Gasteiger partial charge in [0, 0.05) is 7.11 Å². The summed E-state index contributed by atoms with van der Waals surface area (Å²) in [6.45, 7) is 9.57. The van der Waals surface area contributed by atoms with Gasteiger partial charge in [-0.1, -0.05) is 26.0 Å². The molecule has 0 N–H and O–H groups in total. The molecule has 0 radical (unpaired) electrons. The largest absolute Gasteiger partial charge is 0.384 e. The van der Waals surface area contributed by atoms with Crippen LogP contribution in [-0.2, 0) is 4.74 Å². The van der Waals surface area contributed by atoms with Crippen LogP contribution in [0.3, 0.4) is 0 Å². The Morgan fingerprint density at radius 1 is 1.54 bits per heavy atom. The highest BCUT2D eigenvalue weighted by Gasteiger charge is 2.35. The molecule has 0 aromatic heterocycles. The molecule has 1 saturated carbocycles. The molecule has 1 heteroatoms. The Kier molecular flexibility index (Phi) is 3.55. The van der Waals surface area contributed by atoms with E-state index in [0.717, 1.165) is 12.5 Å². The van der Waals surface area contributed by atoms with Gasteiger partial charge < -0.3 is 4.74 Å². The second-order valence-corrected chi connectivity index (χ2v) is 4.96. The molecule has 1 nitrogen and oxygen atoms in total. The number of ether oxygens (including phenoxy) is 1. The van der Waals surface area contributed by atoms with E-state index >= 15 is 0 Å². The van der Waals surface area contributed by atoms with Gasteiger partial charge in [-0.05, 0) is 37.0 Å². The molecule has 0 aliphatic heterocycles. The van der Waals surface area contributed by atoms with E-state index in [-0.39, 0.29) is 0 Å². The summed E-state index contributed by atoms with van der Waals surface area (Å²) in [6, 6.07) is 0. The Bertz CT molecular complexity index is 184. The van der Waals surface area contributed by atoms with Crippen LogP contribution >= 0.6 is 0 Å². The fraction of sp³-hybridized carbons (Fsp3) is 0.833. The van der Waals surface area contributed by atoms with Crippen LogP contribution in [0.25, 0.3) is 0 Å². The predicted molar refractivity (Wildman–Crippen MR) is 56.8 cm³/mol. The van der Waals surface area contributed by atoms with E-state index in [1.807, 2.05) is 7.11 Å². The summed E-state index contributed by atoms with van der Waals surface area (Å²) in [4.78, 5) is 0. The summed E-state index contributed by atoms with van der Waals surface area (Å²) < 4.78 is 5.34. The molecule has 1 aliphatic rings. The third kappa shape index (κ3) is 2.84. The van der Waals surface area contributed by atoms with E-state index in [9.17, 15) is 0 Å². The summed E-state index contributed by atoms with van der Waals surface area (Å²) >= 11 is 0. The number of allylic oxidation sites excluding steroid dienone is 1. The van der Waals surface area contributed by atoms with E-state index in [2.05, 4.69) is 20.4 Å². The van der Waals surface area contributed by atoms with Gasteiger partial charge in [-0.15, -0.1) is 0 Å². The zero-order valence-electron chi connectivity index (χ0n) is 9.23. The van der Waals surface area contributed by atoms with Gasteiger partial charge in [-0.25, -0.2) is 0 Å². The monoisotopic (exact) mass is 182 g/mol. The zero-order chi connectivity index (χ0) is 9.90. The maximum Gasteiger partial charge on any atom is 0.0521 e. The van der Waals surface area contributed by atoms with Crippen molar-refractivity contribution in [2.45, 2.75) is 39.5 Å². The number of rotatable bonds is 4. The van der Waals surface area contributed by atoms with Gasteiger partial charge in [-0.2, -0.15) is 0 Å². The van der Waals surface area contributed by atoms with Gasteiger partial charge in [0.2, 0.25) is 0 Å². The molecular formula is C12H22O. The minimum Gasteiger partial charge on any atom is -0.384 e. The van der Waals surface area contributed by atoms with Crippen molar-refractivity contribution in [2.24, 2.45) is 11.3 Å². The lowest BCUT2D eigenvalue weighted by atomic mass is 9.79. The molecule has 0 spiro atoms. The third-order valence-corrected chi connectivity index (χ3v) is 2.93. The van der Waals surface area contributed by atoms with Crippen LogP contribution in [0.2, 0.25) is 0 Å². The van der Waals surface area contributed by atoms with Crippen LogP contribution in [0.15, 0.2) is 12.2 Å². The van der Waals surface area contributed by atoms with Crippen LogP contribution in [0, 0.1) is 11.3 Å². The van der Waals surface area contributed by atoms with Crippen LogP contribution in [-0.4, -0.2) is 13.7 Å². The molecule has 76 valence electrons. The standard InChI is InChI=1S/C12H22O/c1-10(2)7-12(9-13-4)6-5-11(3)8-12/h10H,3,5-9H2,1-2,4H3. The van der Waals surface area contributed by atoms with Crippen molar-refractivity contribution in [1.82, 2.24) is 0 Å². The van der Waals surface area contributed by atoms with E-state index in [1.165, 1.54) is 31.3 Å². The molecule has 1 rings (SSSR count). The second kappa shape index (κ2) is 4.28. The second-order valence-electron chi connectivity index (χ2n) is 4.96. The minimum absolute atomic E-state index is 0.417. The maximum atomic E-state index is 5.34. The van der Waals surface area contributed by atoms with Crippen LogP contribution in [0.1, 0.15) is 39.5 Å². The minimum atomic E-state index is 0.417. The first kappa shape index (κ1) is 10.8. The van der Waals surface area contributed by atoms with Crippen LogP contribution in [0.4, 0.5) is 0 Å². The summed E-state index contributed by atoms with van der Waals surface area (Å²) in [5.74, 6) is 0.765. The number of hydrogen-bond acceptors (Lipinski definition) is 1. The fourth-order valence-corrected chi connectivity index (χ4v) is 2.68. The van der Waals surface area contributed by atoms with Crippen molar-refractivity contribution in [1.29, 1.82) is 0 Å². The van der Waals surface area contributed by atoms with Crippen molar-refractivity contribution in [3.63, 3.8) is 0 Å². The van der Waals surface area contributed by atoms with Crippen molar-refractivity contribution in [2.75, 3.05) is 13.7 Å². The van der Waals surface area contributed by atoms with Gasteiger partial charge in [-0.3, -0.25) is 0 Å². The van der Waals surface area contributed by atoms with E-state index in [0.29, 0.717) is 5.41 Å². The van der Waals surface area contributed by atoms with Crippen LogP contribution in [0.5, 0.6) is 0 Å². The Labute approximate surface area is 82.2 Å². The highest BCUT2D eigenvalue weighted by molar-refractivity contribution is 5.08. The molecule has 13 heavy (non-hydrogen) atoms. The molecule has 0 amide bonds. The summed E-state index contributed by atoms with van der Waals surface area (Å²) in [5, 5.41) is 0. The molecule has 1 atom stereocenters. The molecular weight excluding hydrogens is 160 g/mol. The van der Waals surface area contributed by atoms with Crippen LogP contribution < -0.4 is 0 Å². The SMILES string of the molecule is C=C1CCC(COC)(CC(C)C)C1. The van der Waals surface area contributed by atoms with Gasteiger partial charge in [0.1, 0.15) is 0 Å². The fourth-order valence-electron chi connectivity index (χ4n) is 2.68. The van der Waals surface area contributed by atoms with Gasteiger partial charge in [0.05, 0.1) is 6.61 Å². The average molecular weight is 182 g/mol. The summed E-state index contributed by atoms with van der Waals surface area (Å²) in [5.41, 5.74) is 1.83. The van der Waals surface area contributed by atoms with Gasteiger partial charge in [0.25, 0.3) is 0 Å². The smallest absolute Gasteiger partial charge is 0.0521 e. The van der Waals surface area contributed by atoms with E-state index in [4.69, 9.17) is 4.74 Å². The highest BCUT2D eigenvalue weighted by atomic mass is 16.5. The lowest BCUT2D eigenvalue weighted by molar-refractivity contribution is 0.0691. The van der Waals surface area contributed by atoms with E-state index in [1.54, 1.807) is 0 Å². The molecule has 0 aromatic carbocycles. The van der Waals surface area contributed by atoms with Crippen molar-refractivity contribution in [3.05, 3.63) is 12.2 Å². The molecule has 1 fully saturated rings. The predicted octanol–water partition coefficient (Wildman–Crippen LogP) is 3.41. The first-order valence-electron chi connectivity index (χ1n) is 5.23. The third-order valence-electron chi connectivity index (χ3n) is 2.93. The summed E-state index contributed by atoms with van der Waals surface area (Å²) in [6.07, 6.45) is 4.94. The maximum absolute atomic E-state index is 5.34. The first-order chi connectivity index (χ1) is 6.08. The van der Waals surface area contributed by atoms with Gasteiger partial charge >= 0.3 is 0 Å². The number of hydrogen-bond donors (Lipinski definition) is 0. The lowest BCUT2D eigenvalue weighted by Gasteiger charge is -2.29. The van der Waals surface area contributed by atoms with Crippen molar-refractivity contribution in [3.8, 4) is 0 Å². The van der Waals surface area contributed by atoms with Gasteiger partial charge in [0.15, 0.2) is 0 Å². The normalized spacial score (nSPS) is 28.8. The Morgan fingerprint density at radius 2 is 2.23 bits per heavy atom. The molecule has 0 saturated heterocycles. The molecule has 0 aromatic rings. The number of methoxy groups -OCH3 is 1. The topological polar surface area (TPSA) is 9.23 Å². The molecule has 1 aliphatic carbocycles. The molecule has 0 bridgehead atoms. The lowest BCUT2D eigenvalue weighted by Crippen LogP contribution is -2.24. The Hall–Kier alpha value is -0.300. The zero-order valence-corrected chi connectivity index (χ0v) is 9.23. The quantitative estimate of drug-likeness (QED) is 0.605. The van der Waals surface area contributed by atoms with Crippen molar-refractivity contribution < 1.29 is 4.74 Å². The Balaban J connectivity index is 2.59. The first-order valence-corrected chi connectivity index (χ1v) is 5.23. The molecule has 1 unspecified atom stereocenters. The highest BCUT2D eigenvalue weighted by Crippen LogP contribution is 2.45. The average Bonchev–Trinajstić information content (AvgIpc) is 2.31. The molecule has 0 heterocycles. The summed E-state index contributed by atoms with van der Waals surface area (Å²) in [7, 11) is 1.81.